The highest BCUT2D eigenvalue weighted by Gasteiger charge is 2.47. The SMILES string of the molecule is Cc1ccc(OCC2([SiH3])CCN2)cc1C(=O)NC1(c2cc(-c3ccn(C)n3)cc3ncccc23)CC1. The molecule has 2 aliphatic rings. The van der Waals surface area contributed by atoms with Crippen LogP contribution in [0.25, 0.3) is 22.2 Å². The van der Waals surface area contributed by atoms with Crippen LogP contribution in [0.3, 0.4) is 0 Å². The number of fused-ring (bicyclic) bond motifs is 1. The van der Waals surface area contributed by atoms with Crippen LogP contribution >= 0.6 is 0 Å². The van der Waals surface area contributed by atoms with E-state index in [1.807, 2.05) is 56.7 Å². The maximum atomic E-state index is 13.6. The molecule has 0 spiro atoms. The van der Waals surface area contributed by atoms with Gasteiger partial charge in [0.15, 0.2) is 0 Å². The van der Waals surface area contributed by atoms with Crippen molar-refractivity contribution in [3.8, 4) is 17.0 Å². The van der Waals surface area contributed by atoms with Crippen molar-refractivity contribution in [1.82, 2.24) is 25.4 Å². The van der Waals surface area contributed by atoms with Gasteiger partial charge in [0.2, 0.25) is 0 Å². The highest BCUT2D eigenvalue weighted by atomic mass is 28.1. The number of rotatable bonds is 7. The molecule has 1 unspecified atom stereocenters. The van der Waals surface area contributed by atoms with Gasteiger partial charge in [-0.25, -0.2) is 0 Å². The van der Waals surface area contributed by atoms with Crippen LogP contribution in [0.15, 0.2) is 60.9 Å². The number of aromatic nitrogens is 3. The first kappa shape index (κ1) is 22.9. The van der Waals surface area contributed by atoms with Gasteiger partial charge in [-0.3, -0.25) is 14.5 Å². The molecule has 2 aromatic carbocycles. The van der Waals surface area contributed by atoms with E-state index in [1.54, 1.807) is 4.68 Å². The first-order valence-electron chi connectivity index (χ1n) is 12.5. The number of hydrogen-bond donors (Lipinski definition) is 2. The Kier molecular flexibility index (Phi) is 5.46. The van der Waals surface area contributed by atoms with Gasteiger partial charge in [-0.15, -0.1) is 0 Å². The topological polar surface area (TPSA) is 81.1 Å². The van der Waals surface area contributed by atoms with E-state index in [-0.39, 0.29) is 11.1 Å². The number of pyridine rings is 1. The third kappa shape index (κ3) is 4.20. The Labute approximate surface area is 213 Å². The number of aryl methyl sites for hydroxylation is 2. The zero-order chi connectivity index (χ0) is 24.9. The van der Waals surface area contributed by atoms with Gasteiger partial charge < -0.3 is 15.4 Å². The van der Waals surface area contributed by atoms with E-state index in [0.717, 1.165) is 75.1 Å². The zero-order valence-electron chi connectivity index (χ0n) is 21.0. The number of amides is 1. The summed E-state index contributed by atoms with van der Waals surface area (Å²) in [6.07, 6.45) is 6.68. The number of hydrogen-bond acceptors (Lipinski definition) is 5. The molecule has 6 rings (SSSR count). The second-order valence-electron chi connectivity index (χ2n) is 10.5. The number of nitrogens with zero attached hydrogens (tertiary/aromatic N) is 3. The Morgan fingerprint density at radius 3 is 2.72 bits per heavy atom. The van der Waals surface area contributed by atoms with Gasteiger partial charge in [0.05, 0.1) is 16.7 Å². The summed E-state index contributed by atoms with van der Waals surface area (Å²) >= 11 is 0. The van der Waals surface area contributed by atoms with Crippen LogP contribution in [0.2, 0.25) is 0 Å². The molecule has 1 amide bonds. The van der Waals surface area contributed by atoms with Crippen LogP contribution in [0.4, 0.5) is 0 Å². The molecule has 4 aromatic rings. The second-order valence-corrected chi connectivity index (χ2v) is 12.4. The van der Waals surface area contributed by atoms with Gasteiger partial charge in [-0.05, 0) is 80.3 Å². The number of ether oxygens (including phenoxy) is 1. The molecule has 1 saturated carbocycles. The molecule has 8 heteroatoms. The highest BCUT2D eigenvalue weighted by molar-refractivity contribution is 6.16. The second kappa shape index (κ2) is 8.57. The molecule has 1 saturated heterocycles. The van der Waals surface area contributed by atoms with Crippen LogP contribution in [0.5, 0.6) is 5.75 Å². The molecule has 1 aliphatic heterocycles. The zero-order valence-corrected chi connectivity index (χ0v) is 23.0. The van der Waals surface area contributed by atoms with E-state index in [0.29, 0.717) is 12.2 Å². The molecule has 184 valence electrons. The minimum atomic E-state index is -0.415. The summed E-state index contributed by atoms with van der Waals surface area (Å²) in [6.45, 7) is 3.68. The molecular formula is C28H31N5O2Si. The van der Waals surface area contributed by atoms with Gasteiger partial charge in [-0.1, -0.05) is 12.1 Å². The van der Waals surface area contributed by atoms with Gasteiger partial charge in [-0.2, -0.15) is 5.10 Å². The van der Waals surface area contributed by atoms with Crippen molar-refractivity contribution in [3.63, 3.8) is 0 Å². The number of carbonyl (C=O) groups is 1. The van der Waals surface area contributed by atoms with Gasteiger partial charge >= 0.3 is 0 Å². The lowest BCUT2D eigenvalue weighted by Gasteiger charge is -2.39. The van der Waals surface area contributed by atoms with Crippen molar-refractivity contribution in [2.24, 2.45) is 7.05 Å². The quantitative estimate of drug-likeness (QED) is 0.384. The summed E-state index contributed by atoms with van der Waals surface area (Å²) in [7, 11) is 2.95. The average Bonchev–Trinajstić information content (AvgIpc) is 3.51. The molecule has 2 N–H and O–H groups in total. The lowest BCUT2D eigenvalue weighted by atomic mass is 9.95. The summed E-state index contributed by atoms with van der Waals surface area (Å²) in [5.74, 6) is 0.671. The maximum Gasteiger partial charge on any atom is 0.252 e. The van der Waals surface area contributed by atoms with Gasteiger partial charge in [0, 0.05) is 51.4 Å². The third-order valence-electron chi connectivity index (χ3n) is 7.59. The van der Waals surface area contributed by atoms with E-state index >= 15 is 0 Å². The average molecular weight is 498 g/mol. The Morgan fingerprint density at radius 2 is 2.03 bits per heavy atom. The molecule has 0 bridgehead atoms. The van der Waals surface area contributed by atoms with Crippen LogP contribution < -0.4 is 15.4 Å². The number of benzene rings is 2. The first-order chi connectivity index (χ1) is 17.3. The Bertz CT molecular complexity index is 1470. The largest absolute Gasteiger partial charge is 0.492 e. The summed E-state index contributed by atoms with van der Waals surface area (Å²) in [5, 5.41) is 12.7. The smallest absolute Gasteiger partial charge is 0.252 e. The van der Waals surface area contributed by atoms with Crippen LogP contribution in [0.1, 0.15) is 40.7 Å². The Balaban J connectivity index is 1.31. The van der Waals surface area contributed by atoms with E-state index in [1.165, 1.54) is 0 Å². The normalized spacial score (nSPS) is 20.2. The van der Waals surface area contributed by atoms with Crippen molar-refractivity contribution in [1.29, 1.82) is 0 Å². The molecular weight excluding hydrogens is 466 g/mol. The van der Waals surface area contributed by atoms with Crippen LogP contribution in [-0.2, 0) is 12.6 Å². The molecule has 2 fully saturated rings. The minimum Gasteiger partial charge on any atom is -0.492 e. The number of nitrogens with one attached hydrogen (secondary N) is 2. The van der Waals surface area contributed by atoms with E-state index in [9.17, 15) is 4.79 Å². The van der Waals surface area contributed by atoms with E-state index in [2.05, 4.69) is 38.9 Å². The molecule has 1 aliphatic carbocycles. The maximum absolute atomic E-state index is 13.6. The summed E-state index contributed by atoms with van der Waals surface area (Å²) in [6, 6.07) is 16.1. The lowest BCUT2D eigenvalue weighted by Crippen LogP contribution is -2.61. The van der Waals surface area contributed by atoms with Crippen molar-refractivity contribution < 1.29 is 9.53 Å². The van der Waals surface area contributed by atoms with Crippen molar-refractivity contribution in [2.75, 3.05) is 13.2 Å². The van der Waals surface area contributed by atoms with E-state index < -0.39 is 5.54 Å². The fraction of sp³-hybridized carbons (Fsp3) is 0.321. The molecule has 2 aromatic heterocycles. The molecule has 3 heterocycles. The minimum absolute atomic E-state index is 0.0712. The Morgan fingerprint density at radius 1 is 1.19 bits per heavy atom. The Hall–Kier alpha value is -3.49. The molecule has 0 radical (unpaired) electrons. The summed E-state index contributed by atoms with van der Waals surface area (Å²) in [5.41, 5.74) is 5.09. The molecule has 1 atom stereocenters. The van der Waals surface area contributed by atoms with Crippen LogP contribution in [-0.4, -0.2) is 49.2 Å². The number of carbonyl (C=O) groups excluding carboxylic acids is 1. The van der Waals surface area contributed by atoms with Crippen molar-refractivity contribution in [2.45, 2.75) is 36.9 Å². The molecule has 7 nitrogen and oxygen atoms in total. The summed E-state index contributed by atoms with van der Waals surface area (Å²) < 4.78 is 7.89. The fourth-order valence-corrected chi connectivity index (χ4v) is 5.66. The summed E-state index contributed by atoms with van der Waals surface area (Å²) in [4.78, 5) is 18.2. The lowest BCUT2D eigenvalue weighted by molar-refractivity contribution is 0.0930. The van der Waals surface area contributed by atoms with Crippen molar-refractivity contribution >= 4 is 27.1 Å². The highest BCUT2D eigenvalue weighted by Crippen LogP contribution is 2.49. The third-order valence-corrected chi connectivity index (χ3v) is 8.73. The predicted octanol–water partition coefficient (Wildman–Crippen LogP) is 2.80. The van der Waals surface area contributed by atoms with Crippen molar-refractivity contribution in [3.05, 3.63) is 77.6 Å². The van der Waals surface area contributed by atoms with Gasteiger partial charge in [0.25, 0.3) is 5.91 Å². The van der Waals surface area contributed by atoms with Crippen LogP contribution in [0, 0.1) is 6.92 Å². The molecule has 36 heavy (non-hydrogen) atoms. The van der Waals surface area contributed by atoms with E-state index in [4.69, 9.17) is 4.74 Å². The standard InChI is InChI=1S/C28H31N5O2Si/c1-18-5-6-20(35-17-28(36)10-12-30-28)16-22(18)26(34)31-27(8-9-27)23-14-19(24-7-13-33(2)32-24)15-25-21(23)4-3-11-29-25/h3-7,11,13-16,30H,8-10,12,17H2,1-2,36H3,(H,31,34). The monoisotopic (exact) mass is 497 g/mol. The van der Waals surface area contributed by atoms with Gasteiger partial charge in [0.1, 0.15) is 12.4 Å². The first-order valence-corrected chi connectivity index (χ1v) is 13.5. The predicted molar refractivity (Wildman–Crippen MR) is 144 cm³/mol. The fourth-order valence-electron chi connectivity index (χ4n) is 5.02.